The van der Waals surface area contributed by atoms with Crippen LogP contribution < -0.4 is 10.9 Å². The van der Waals surface area contributed by atoms with E-state index in [9.17, 15) is 9.59 Å². The molecule has 2 N–H and O–H groups in total. The average molecular weight is 337 g/mol. The Bertz CT molecular complexity index is 923. The Hall–Kier alpha value is -3.22. The van der Waals surface area contributed by atoms with Crippen LogP contribution in [0.5, 0.6) is 0 Å². The van der Waals surface area contributed by atoms with Crippen molar-refractivity contribution in [2.75, 3.05) is 6.54 Å². The maximum absolute atomic E-state index is 12.0. The van der Waals surface area contributed by atoms with Crippen molar-refractivity contribution < 1.29 is 4.79 Å². The number of aryl methyl sites for hydroxylation is 1. The van der Waals surface area contributed by atoms with Crippen molar-refractivity contribution in [1.82, 2.24) is 25.3 Å². The largest absolute Gasteiger partial charge is 0.349 e. The van der Waals surface area contributed by atoms with Gasteiger partial charge in [-0.05, 0) is 25.5 Å². The van der Waals surface area contributed by atoms with E-state index < -0.39 is 0 Å². The Balaban J connectivity index is 1.67. The lowest BCUT2D eigenvalue weighted by molar-refractivity contribution is 0.0945. The number of carbonyl (C=O) groups is 1. The van der Waals surface area contributed by atoms with Crippen LogP contribution in [0.25, 0.3) is 11.1 Å². The smallest absolute Gasteiger partial charge is 0.271 e. The molecule has 0 spiro atoms. The van der Waals surface area contributed by atoms with Crippen LogP contribution in [0.15, 0.2) is 47.3 Å². The van der Waals surface area contributed by atoms with Crippen molar-refractivity contribution in [2.24, 2.45) is 0 Å². The molecule has 3 rings (SSSR count). The molecule has 25 heavy (non-hydrogen) atoms. The van der Waals surface area contributed by atoms with Crippen molar-refractivity contribution in [1.29, 1.82) is 0 Å². The van der Waals surface area contributed by atoms with Crippen molar-refractivity contribution in [3.05, 3.63) is 69.9 Å². The fraction of sp³-hybridized carbons (Fsp3) is 0.222. The second-order valence-corrected chi connectivity index (χ2v) is 5.70. The summed E-state index contributed by atoms with van der Waals surface area (Å²) < 4.78 is 1.89. The van der Waals surface area contributed by atoms with E-state index in [4.69, 9.17) is 0 Å². The zero-order chi connectivity index (χ0) is 17.8. The quantitative estimate of drug-likeness (QED) is 0.741. The van der Waals surface area contributed by atoms with Crippen LogP contribution in [-0.2, 0) is 6.54 Å². The molecule has 7 heteroatoms. The van der Waals surface area contributed by atoms with Crippen molar-refractivity contribution >= 4 is 5.91 Å². The third-order valence-electron chi connectivity index (χ3n) is 3.96. The molecular formula is C18H19N5O2. The van der Waals surface area contributed by atoms with E-state index >= 15 is 0 Å². The van der Waals surface area contributed by atoms with Gasteiger partial charge in [-0.2, -0.15) is 10.2 Å². The van der Waals surface area contributed by atoms with Gasteiger partial charge < -0.3 is 5.32 Å². The van der Waals surface area contributed by atoms with Gasteiger partial charge in [0.05, 0.1) is 12.2 Å². The fourth-order valence-corrected chi connectivity index (χ4v) is 2.77. The lowest BCUT2D eigenvalue weighted by atomic mass is 10.0. The minimum absolute atomic E-state index is 0.179. The number of hydrogen-bond donors (Lipinski definition) is 2. The summed E-state index contributed by atoms with van der Waals surface area (Å²) in [4.78, 5) is 23.0. The van der Waals surface area contributed by atoms with Gasteiger partial charge in [0.15, 0.2) is 0 Å². The summed E-state index contributed by atoms with van der Waals surface area (Å²) in [5, 5.41) is 13.3. The first-order chi connectivity index (χ1) is 12.1. The molecule has 0 aliphatic carbocycles. The maximum Gasteiger partial charge on any atom is 0.271 e. The molecule has 3 aromatic rings. The van der Waals surface area contributed by atoms with Gasteiger partial charge in [-0.1, -0.05) is 30.3 Å². The second-order valence-electron chi connectivity index (χ2n) is 5.70. The zero-order valence-corrected chi connectivity index (χ0v) is 14.1. The maximum atomic E-state index is 12.0. The number of nitrogens with zero attached hydrogens (tertiary/aromatic N) is 3. The first-order valence-electron chi connectivity index (χ1n) is 7.99. The molecule has 0 bridgehead atoms. The Morgan fingerprint density at radius 1 is 1.16 bits per heavy atom. The molecular weight excluding hydrogens is 318 g/mol. The van der Waals surface area contributed by atoms with Crippen molar-refractivity contribution in [3.63, 3.8) is 0 Å². The SMILES string of the molecule is Cc1nn(CCNC(=O)c2ccc(=O)[nH]n2)c(C)c1-c1ccccc1. The molecule has 1 amide bonds. The van der Waals surface area contributed by atoms with Crippen molar-refractivity contribution in [3.8, 4) is 11.1 Å². The molecule has 0 aliphatic heterocycles. The van der Waals surface area contributed by atoms with E-state index in [1.807, 2.05) is 36.7 Å². The zero-order valence-electron chi connectivity index (χ0n) is 14.1. The highest BCUT2D eigenvalue weighted by atomic mass is 16.2. The molecule has 0 unspecified atom stereocenters. The van der Waals surface area contributed by atoms with Gasteiger partial charge in [-0.3, -0.25) is 14.3 Å². The van der Waals surface area contributed by atoms with Crippen LogP contribution in [0.3, 0.4) is 0 Å². The van der Waals surface area contributed by atoms with Gasteiger partial charge in [0.1, 0.15) is 5.69 Å². The normalized spacial score (nSPS) is 10.6. The van der Waals surface area contributed by atoms with E-state index in [-0.39, 0.29) is 17.2 Å². The van der Waals surface area contributed by atoms with E-state index in [2.05, 4.69) is 32.7 Å². The number of benzene rings is 1. The Labute approximate surface area is 144 Å². The summed E-state index contributed by atoms with van der Waals surface area (Å²) in [5.41, 5.74) is 4.10. The summed E-state index contributed by atoms with van der Waals surface area (Å²) in [5.74, 6) is -0.332. The molecule has 0 saturated carbocycles. The Morgan fingerprint density at radius 3 is 2.60 bits per heavy atom. The van der Waals surface area contributed by atoms with Crippen LogP contribution in [0.1, 0.15) is 21.9 Å². The fourth-order valence-electron chi connectivity index (χ4n) is 2.77. The summed E-state index contributed by atoms with van der Waals surface area (Å²) in [6.45, 7) is 4.97. The van der Waals surface area contributed by atoms with Gasteiger partial charge in [-0.25, -0.2) is 5.10 Å². The lowest BCUT2D eigenvalue weighted by Crippen LogP contribution is -2.29. The molecule has 0 saturated heterocycles. The van der Waals surface area contributed by atoms with Gasteiger partial charge in [-0.15, -0.1) is 0 Å². The third kappa shape index (κ3) is 3.65. The van der Waals surface area contributed by atoms with Crippen LogP contribution in [-0.4, -0.2) is 32.4 Å². The number of nitrogens with one attached hydrogen (secondary N) is 2. The number of amides is 1. The second kappa shape index (κ2) is 7.12. The van der Waals surface area contributed by atoms with Gasteiger partial charge >= 0.3 is 0 Å². The topological polar surface area (TPSA) is 92.7 Å². The molecule has 2 heterocycles. The Morgan fingerprint density at radius 2 is 1.92 bits per heavy atom. The summed E-state index contributed by atoms with van der Waals surface area (Å²) in [6, 6.07) is 12.8. The lowest BCUT2D eigenvalue weighted by Gasteiger charge is -2.07. The standard InChI is InChI=1S/C18H19N5O2/c1-12-17(14-6-4-3-5-7-14)13(2)23(22-12)11-10-19-18(25)15-8-9-16(24)21-20-15/h3-9H,10-11H2,1-2H3,(H,19,25)(H,21,24). The first-order valence-corrected chi connectivity index (χ1v) is 7.99. The van der Waals surface area contributed by atoms with E-state index in [1.54, 1.807) is 0 Å². The predicted octanol–water partition coefficient (Wildman–Crippen LogP) is 1.68. The third-order valence-corrected chi connectivity index (χ3v) is 3.96. The molecule has 0 atom stereocenters. The highest BCUT2D eigenvalue weighted by molar-refractivity contribution is 5.91. The van der Waals surface area contributed by atoms with Gasteiger partial charge in [0.25, 0.3) is 11.5 Å². The van der Waals surface area contributed by atoms with E-state index in [0.29, 0.717) is 13.1 Å². The summed E-state index contributed by atoms with van der Waals surface area (Å²) >= 11 is 0. The molecule has 0 fully saturated rings. The minimum atomic E-state index is -0.340. The molecule has 2 aromatic heterocycles. The summed E-state index contributed by atoms with van der Waals surface area (Å²) in [7, 11) is 0. The van der Waals surface area contributed by atoms with E-state index in [0.717, 1.165) is 22.5 Å². The number of rotatable bonds is 5. The van der Waals surface area contributed by atoms with Gasteiger partial charge in [0.2, 0.25) is 0 Å². The number of H-pyrrole nitrogens is 1. The van der Waals surface area contributed by atoms with Gasteiger partial charge in [0, 0.05) is 23.9 Å². The number of aromatic amines is 1. The average Bonchev–Trinajstić information content (AvgIpc) is 2.90. The van der Waals surface area contributed by atoms with Crippen molar-refractivity contribution in [2.45, 2.75) is 20.4 Å². The number of aromatic nitrogens is 4. The molecule has 0 aliphatic rings. The van der Waals surface area contributed by atoms with Crippen LogP contribution in [0.2, 0.25) is 0 Å². The summed E-state index contributed by atoms with van der Waals surface area (Å²) in [6.07, 6.45) is 0. The molecule has 0 radical (unpaired) electrons. The van der Waals surface area contributed by atoms with E-state index in [1.165, 1.54) is 12.1 Å². The highest BCUT2D eigenvalue weighted by Crippen LogP contribution is 2.26. The number of carbonyl (C=O) groups excluding carboxylic acids is 1. The minimum Gasteiger partial charge on any atom is -0.349 e. The first kappa shape index (κ1) is 16.6. The monoisotopic (exact) mass is 337 g/mol. The highest BCUT2D eigenvalue weighted by Gasteiger charge is 2.13. The molecule has 128 valence electrons. The van der Waals surface area contributed by atoms with Crippen LogP contribution >= 0.6 is 0 Å². The molecule has 1 aromatic carbocycles. The number of hydrogen-bond acceptors (Lipinski definition) is 4. The molecule has 7 nitrogen and oxygen atoms in total. The van der Waals surface area contributed by atoms with Crippen LogP contribution in [0, 0.1) is 13.8 Å². The van der Waals surface area contributed by atoms with Crippen LogP contribution in [0.4, 0.5) is 0 Å². The Kier molecular flexibility index (Phi) is 4.74. The predicted molar refractivity (Wildman–Crippen MR) is 94.3 cm³/mol.